The molecule has 0 aliphatic heterocycles. The molecule has 3 rings (SSSR count). The Balaban J connectivity index is 2.01. The number of rotatable bonds is 5. The second-order valence-corrected chi connectivity index (χ2v) is 5.09. The van der Waals surface area contributed by atoms with Crippen LogP contribution >= 0.6 is 0 Å². The smallest absolute Gasteiger partial charge is 0.122 e. The number of aromatic nitrogens is 1. The van der Waals surface area contributed by atoms with Crippen molar-refractivity contribution in [2.24, 2.45) is 0 Å². The van der Waals surface area contributed by atoms with Crippen LogP contribution in [-0.2, 0) is 6.54 Å². The van der Waals surface area contributed by atoms with Crippen LogP contribution in [0.5, 0.6) is 11.5 Å². The number of fused-ring (bicyclic) bond motifs is 1. The number of nitrogens with one attached hydrogen (secondary N) is 1. The van der Waals surface area contributed by atoms with Crippen molar-refractivity contribution < 1.29 is 9.47 Å². The lowest BCUT2D eigenvalue weighted by atomic mass is 10.1. The summed E-state index contributed by atoms with van der Waals surface area (Å²) in [4.78, 5) is 0. The van der Waals surface area contributed by atoms with Gasteiger partial charge in [0.2, 0.25) is 0 Å². The third-order valence-electron chi connectivity index (χ3n) is 3.77. The quantitative estimate of drug-likeness (QED) is 0.729. The van der Waals surface area contributed by atoms with Crippen LogP contribution in [-0.4, -0.2) is 25.0 Å². The fourth-order valence-corrected chi connectivity index (χ4v) is 2.67. The highest BCUT2D eigenvalue weighted by Crippen LogP contribution is 2.25. The molecule has 3 aromatic rings. The maximum Gasteiger partial charge on any atom is 0.122 e. The molecule has 0 aliphatic rings. The van der Waals surface area contributed by atoms with Crippen LogP contribution in [0, 0.1) is 5.41 Å². The predicted molar refractivity (Wildman–Crippen MR) is 88.5 cm³/mol. The molecule has 0 unspecified atom stereocenters. The first-order chi connectivity index (χ1) is 10.7. The summed E-state index contributed by atoms with van der Waals surface area (Å²) in [5.74, 6) is 1.57. The minimum Gasteiger partial charge on any atom is -0.497 e. The molecule has 0 atom stereocenters. The molecule has 0 aliphatic carbocycles. The monoisotopic (exact) mass is 294 g/mol. The van der Waals surface area contributed by atoms with Crippen molar-refractivity contribution in [2.45, 2.75) is 6.54 Å². The van der Waals surface area contributed by atoms with E-state index in [1.165, 1.54) is 6.21 Å². The fourth-order valence-electron chi connectivity index (χ4n) is 2.67. The highest BCUT2D eigenvalue weighted by Gasteiger charge is 2.07. The van der Waals surface area contributed by atoms with Crippen molar-refractivity contribution in [3.05, 3.63) is 59.8 Å². The largest absolute Gasteiger partial charge is 0.497 e. The Morgan fingerprint density at radius 1 is 1.05 bits per heavy atom. The molecule has 0 radical (unpaired) electrons. The summed E-state index contributed by atoms with van der Waals surface area (Å²) < 4.78 is 12.8. The summed E-state index contributed by atoms with van der Waals surface area (Å²) in [6.45, 7) is 0.721. The normalized spacial score (nSPS) is 10.6. The molecule has 112 valence electrons. The first kappa shape index (κ1) is 14.2. The summed E-state index contributed by atoms with van der Waals surface area (Å²) in [6.07, 6.45) is 3.44. The van der Waals surface area contributed by atoms with Gasteiger partial charge >= 0.3 is 0 Å². The molecule has 4 nitrogen and oxygen atoms in total. The van der Waals surface area contributed by atoms with Gasteiger partial charge in [-0.2, -0.15) is 0 Å². The summed E-state index contributed by atoms with van der Waals surface area (Å²) >= 11 is 0. The number of nitrogens with zero attached hydrogens (tertiary/aromatic N) is 1. The van der Waals surface area contributed by atoms with Gasteiger partial charge in [-0.3, -0.25) is 0 Å². The molecular formula is C18H18N2O2. The average molecular weight is 294 g/mol. The molecule has 0 spiro atoms. The van der Waals surface area contributed by atoms with E-state index >= 15 is 0 Å². The van der Waals surface area contributed by atoms with Crippen molar-refractivity contribution >= 4 is 17.1 Å². The standard InChI is InChI=1S/C18H18N2O2/c1-21-15-8-13(9-16(10-15)22-2)12-20-7-6-17-14(11-19)4-3-5-18(17)20/h3-11,19H,12H2,1-2H3. The van der Waals surface area contributed by atoms with Gasteiger partial charge in [-0.1, -0.05) is 12.1 Å². The van der Waals surface area contributed by atoms with Gasteiger partial charge < -0.3 is 19.5 Å². The maximum atomic E-state index is 7.50. The van der Waals surface area contributed by atoms with Crippen LogP contribution < -0.4 is 9.47 Å². The highest BCUT2D eigenvalue weighted by atomic mass is 16.5. The number of hydrogen-bond donors (Lipinski definition) is 1. The van der Waals surface area contributed by atoms with Gasteiger partial charge in [-0.15, -0.1) is 0 Å². The lowest BCUT2D eigenvalue weighted by Gasteiger charge is -2.10. The van der Waals surface area contributed by atoms with Crippen molar-refractivity contribution in [1.82, 2.24) is 4.57 Å². The van der Waals surface area contributed by atoms with Crippen molar-refractivity contribution in [3.63, 3.8) is 0 Å². The first-order valence-corrected chi connectivity index (χ1v) is 7.05. The molecule has 0 saturated carbocycles. The summed E-state index contributed by atoms with van der Waals surface area (Å²) in [6, 6.07) is 13.9. The molecule has 0 amide bonds. The zero-order valence-corrected chi connectivity index (χ0v) is 12.7. The van der Waals surface area contributed by atoms with Crippen molar-refractivity contribution in [3.8, 4) is 11.5 Å². The molecule has 0 bridgehead atoms. The van der Waals surface area contributed by atoms with E-state index in [1.807, 2.05) is 42.6 Å². The van der Waals surface area contributed by atoms with Gasteiger partial charge in [0.1, 0.15) is 11.5 Å². The van der Waals surface area contributed by atoms with Crippen LogP contribution in [0.25, 0.3) is 10.9 Å². The fraction of sp³-hybridized carbons (Fsp3) is 0.167. The van der Waals surface area contributed by atoms with Gasteiger partial charge in [0.25, 0.3) is 0 Å². The van der Waals surface area contributed by atoms with Crippen LogP contribution in [0.15, 0.2) is 48.7 Å². The van der Waals surface area contributed by atoms with Gasteiger partial charge in [-0.05, 0) is 29.8 Å². The zero-order chi connectivity index (χ0) is 15.5. The molecule has 0 saturated heterocycles. The highest BCUT2D eigenvalue weighted by molar-refractivity contribution is 5.97. The molecule has 1 heterocycles. The topological polar surface area (TPSA) is 47.2 Å². The van der Waals surface area contributed by atoms with E-state index in [4.69, 9.17) is 14.9 Å². The Kier molecular flexibility index (Phi) is 3.83. The molecule has 1 aromatic heterocycles. The summed E-state index contributed by atoms with van der Waals surface area (Å²) in [7, 11) is 3.31. The molecule has 22 heavy (non-hydrogen) atoms. The molecule has 4 heteroatoms. The average Bonchev–Trinajstić information content (AvgIpc) is 2.97. The van der Waals surface area contributed by atoms with Crippen LogP contribution in [0.2, 0.25) is 0 Å². The Morgan fingerprint density at radius 2 is 1.77 bits per heavy atom. The van der Waals surface area contributed by atoms with E-state index in [-0.39, 0.29) is 0 Å². The van der Waals surface area contributed by atoms with E-state index < -0.39 is 0 Å². The molecule has 0 fully saturated rings. The minimum absolute atomic E-state index is 0.721. The van der Waals surface area contributed by atoms with Crippen molar-refractivity contribution in [1.29, 1.82) is 5.41 Å². The Bertz CT molecular complexity index is 799. The lowest BCUT2D eigenvalue weighted by molar-refractivity contribution is 0.393. The Morgan fingerprint density at radius 3 is 2.41 bits per heavy atom. The second kappa shape index (κ2) is 5.93. The summed E-state index contributed by atoms with van der Waals surface area (Å²) in [5, 5.41) is 8.59. The van der Waals surface area contributed by atoms with E-state index in [0.717, 1.165) is 40.1 Å². The van der Waals surface area contributed by atoms with E-state index in [9.17, 15) is 0 Å². The molecule has 1 N–H and O–H groups in total. The number of ether oxygens (including phenoxy) is 2. The zero-order valence-electron chi connectivity index (χ0n) is 12.7. The first-order valence-electron chi connectivity index (χ1n) is 7.05. The SMILES string of the molecule is COc1cc(Cn2ccc3c(C=N)cccc32)cc(OC)c1. The Labute approximate surface area is 129 Å². The van der Waals surface area contributed by atoms with Crippen LogP contribution in [0.3, 0.4) is 0 Å². The van der Waals surface area contributed by atoms with Gasteiger partial charge in [0, 0.05) is 41.5 Å². The third-order valence-corrected chi connectivity index (χ3v) is 3.77. The molecular weight excluding hydrogens is 276 g/mol. The van der Waals surface area contributed by atoms with Crippen LogP contribution in [0.1, 0.15) is 11.1 Å². The maximum absolute atomic E-state index is 7.50. The van der Waals surface area contributed by atoms with Crippen molar-refractivity contribution in [2.75, 3.05) is 14.2 Å². The van der Waals surface area contributed by atoms with E-state index in [1.54, 1.807) is 14.2 Å². The van der Waals surface area contributed by atoms with Crippen LogP contribution in [0.4, 0.5) is 0 Å². The predicted octanol–water partition coefficient (Wildman–Crippen LogP) is 3.70. The second-order valence-electron chi connectivity index (χ2n) is 5.09. The van der Waals surface area contributed by atoms with E-state index in [2.05, 4.69) is 10.6 Å². The van der Waals surface area contributed by atoms with Gasteiger partial charge in [0.15, 0.2) is 0 Å². The van der Waals surface area contributed by atoms with E-state index in [0.29, 0.717) is 0 Å². The number of methoxy groups -OCH3 is 2. The van der Waals surface area contributed by atoms with Gasteiger partial charge in [0.05, 0.1) is 14.2 Å². The number of hydrogen-bond acceptors (Lipinski definition) is 3. The number of benzene rings is 2. The van der Waals surface area contributed by atoms with Gasteiger partial charge in [-0.25, -0.2) is 0 Å². The summed E-state index contributed by atoms with van der Waals surface area (Å²) in [5.41, 5.74) is 3.15. The lowest BCUT2D eigenvalue weighted by Crippen LogP contribution is -1.99. The third kappa shape index (κ3) is 2.55. The minimum atomic E-state index is 0.721. The molecule has 2 aromatic carbocycles. The Hall–Kier alpha value is -2.75.